The molecule has 1 aromatic carbocycles. The van der Waals surface area contributed by atoms with Crippen LogP contribution in [0.1, 0.15) is 33.8 Å². The standard InChI is InChI=1S/C12H11F3O2/c1-6-4-7(2-3-8(6)11(16)17)9-5-10(9)12(13,14)15/h2-4,9-10H,5H2,1H3,(H,16,17). The van der Waals surface area contributed by atoms with Crippen molar-refractivity contribution in [1.82, 2.24) is 0 Å². The summed E-state index contributed by atoms with van der Waals surface area (Å²) in [5.41, 5.74) is 1.22. The predicted molar refractivity (Wildman–Crippen MR) is 55.0 cm³/mol. The molecule has 0 bridgehead atoms. The van der Waals surface area contributed by atoms with E-state index in [9.17, 15) is 18.0 Å². The molecule has 5 heteroatoms. The van der Waals surface area contributed by atoms with E-state index in [2.05, 4.69) is 0 Å². The van der Waals surface area contributed by atoms with E-state index < -0.39 is 24.0 Å². The van der Waals surface area contributed by atoms with Gasteiger partial charge in [0.1, 0.15) is 0 Å². The van der Waals surface area contributed by atoms with Crippen LogP contribution in [0.5, 0.6) is 0 Å². The van der Waals surface area contributed by atoms with Gasteiger partial charge in [-0.25, -0.2) is 4.79 Å². The van der Waals surface area contributed by atoms with Crippen LogP contribution in [0, 0.1) is 12.8 Å². The summed E-state index contributed by atoms with van der Waals surface area (Å²) in [4.78, 5) is 10.8. The van der Waals surface area contributed by atoms with Gasteiger partial charge in [-0.05, 0) is 36.5 Å². The second-order valence-electron chi connectivity index (χ2n) is 4.37. The minimum absolute atomic E-state index is 0.107. The molecule has 2 rings (SSSR count). The van der Waals surface area contributed by atoms with Gasteiger partial charge in [0.05, 0.1) is 11.5 Å². The fourth-order valence-electron chi connectivity index (χ4n) is 2.08. The Morgan fingerprint density at radius 2 is 2.06 bits per heavy atom. The summed E-state index contributed by atoms with van der Waals surface area (Å²) >= 11 is 0. The first-order valence-corrected chi connectivity index (χ1v) is 5.21. The molecule has 1 aromatic rings. The van der Waals surface area contributed by atoms with Crippen molar-refractivity contribution < 1.29 is 23.1 Å². The molecule has 1 saturated carbocycles. The van der Waals surface area contributed by atoms with Gasteiger partial charge in [0, 0.05) is 0 Å². The first kappa shape index (κ1) is 12.0. The van der Waals surface area contributed by atoms with Crippen molar-refractivity contribution in [2.24, 2.45) is 5.92 Å². The molecule has 2 unspecified atom stereocenters. The van der Waals surface area contributed by atoms with Crippen LogP contribution in [0.15, 0.2) is 18.2 Å². The fourth-order valence-corrected chi connectivity index (χ4v) is 2.08. The van der Waals surface area contributed by atoms with E-state index >= 15 is 0 Å². The molecule has 0 spiro atoms. The maximum Gasteiger partial charge on any atom is 0.392 e. The van der Waals surface area contributed by atoms with Crippen molar-refractivity contribution in [3.63, 3.8) is 0 Å². The first-order chi connectivity index (χ1) is 7.80. The summed E-state index contributed by atoms with van der Waals surface area (Å²) in [5.74, 6) is -2.83. The van der Waals surface area contributed by atoms with Gasteiger partial charge in [0.25, 0.3) is 0 Å². The van der Waals surface area contributed by atoms with Crippen LogP contribution in [0.4, 0.5) is 13.2 Å². The summed E-state index contributed by atoms with van der Waals surface area (Å²) < 4.78 is 37.2. The highest BCUT2D eigenvalue weighted by molar-refractivity contribution is 5.89. The molecule has 2 nitrogen and oxygen atoms in total. The number of halogens is 3. The van der Waals surface area contributed by atoms with E-state index in [-0.39, 0.29) is 12.0 Å². The molecule has 0 saturated heterocycles. The number of rotatable bonds is 2. The molecule has 0 aliphatic heterocycles. The van der Waals surface area contributed by atoms with Gasteiger partial charge >= 0.3 is 12.1 Å². The van der Waals surface area contributed by atoms with Crippen molar-refractivity contribution in [1.29, 1.82) is 0 Å². The summed E-state index contributed by atoms with van der Waals surface area (Å²) in [5, 5.41) is 8.81. The predicted octanol–water partition coefficient (Wildman–Crippen LogP) is 3.36. The average molecular weight is 244 g/mol. The summed E-state index contributed by atoms with van der Waals surface area (Å²) in [7, 11) is 0. The summed E-state index contributed by atoms with van der Waals surface area (Å²) in [6.07, 6.45) is -4.04. The molecule has 1 aliphatic carbocycles. The van der Waals surface area contributed by atoms with Crippen LogP contribution in [0.3, 0.4) is 0 Å². The lowest BCUT2D eigenvalue weighted by Crippen LogP contribution is -2.11. The Morgan fingerprint density at radius 1 is 1.41 bits per heavy atom. The number of carboxylic acids is 1. The van der Waals surface area contributed by atoms with Crippen LogP contribution in [0.25, 0.3) is 0 Å². The Morgan fingerprint density at radius 3 is 2.47 bits per heavy atom. The Hall–Kier alpha value is -1.52. The van der Waals surface area contributed by atoms with E-state index in [1.807, 2.05) is 0 Å². The van der Waals surface area contributed by atoms with Crippen molar-refractivity contribution in [3.05, 3.63) is 34.9 Å². The second-order valence-corrected chi connectivity index (χ2v) is 4.37. The highest BCUT2D eigenvalue weighted by Crippen LogP contribution is 2.56. The van der Waals surface area contributed by atoms with Crippen LogP contribution < -0.4 is 0 Å². The molecule has 1 aliphatic rings. The normalized spacial score (nSPS) is 23.5. The summed E-state index contributed by atoms with van der Waals surface area (Å²) in [6.45, 7) is 1.60. The maximum absolute atomic E-state index is 12.4. The van der Waals surface area contributed by atoms with E-state index in [0.29, 0.717) is 11.1 Å². The van der Waals surface area contributed by atoms with Crippen molar-refractivity contribution in [2.75, 3.05) is 0 Å². The van der Waals surface area contributed by atoms with Crippen LogP contribution in [-0.2, 0) is 0 Å². The van der Waals surface area contributed by atoms with Crippen molar-refractivity contribution in [3.8, 4) is 0 Å². The van der Waals surface area contributed by atoms with Crippen molar-refractivity contribution >= 4 is 5.97 Å². The highest BCUT2D eigenvalue weighted by Gasteiger charge is 2.56. The van der Waals surface area contributed by atoms with E-state index in [1.54, 1.807) is 13.0 Å². The molecule has 2 atom stereocenters. The van der Waals surface area contributed by atoms with Gasteiger partial charge in [-0.3, -0.25) is 0 Å². The number of alkyl halides is 3. The van der Waals surface area contributed by atoms with E-state index in [4.69, 9.17) is 5.11 Å². The number of benzene rings is 1. The van der Waals surface area contributed by atoms with Gasteiger partial charge in [-0.2, -0.15) is 13.2 Å². The maximum atomic E-state index is 12.4. The Labute approximate surface area is 96.1 Å². The highest BCUT2D eigenvalue weighted by atomic mass is 19.4. The number of carboxylic acid groups (broad SMARTS) is 1. The largest absolute Gasteiger partial charge is 0.478 e. The molecule has 1 fully saturated rings. The van der Waals surface area contributed by atoms with Crippen LogP contribution >= 0.6 is 0 Å². The molecule has 17 heavy (non-hydrogen) atoms. The topological polar surface area (TPSA) is 37.3 Å². The molecule has 92 valence electrons. The SMILES string of the molecule is Cc1cc(C2CC2C(F)(F)F)ccc1C(=O)O. The molecule has 0 amide bonds. The number of aryl methyl sites for hydroxylation is 1. The number of carbonyl (C=O) groups is 1. The van der Waals surface area contributed by atoms with Gasteiger partial charge in [0.15, 0.2) is 0 Å². The lowest BCUT2D eigenvalue weighted by Gasteiger charge is -2.07. The van der Waals surface area contributed by atoms with Gasteiger partial charge in [0.2, 0.25) is 0 Å². The average Bonchev–Trinajstić information content (AvgIpc) is 2.95. The lowest BCUT2D eigenvalue weighted by atomic mass is 10.0. The van der Waals surface area contributed by atoms with Gasteiger partial charge in [-0.15, -0.1) is 0 Å². The molecule has 1 N–H and O–H groups in total. The molecule has 0 radical (unpaired) electrons. The lowest BCUT2D eigenvalue weighted by molar-refractivity contribution is -0.148. The molecular formula is C12H11F3O2. The Kier molecular flexibility index (Phi) is 2.64. The molecular weight excluding hydrogens is 233 g/mol. The monoisotopic (exact) mass is 244 g/mol. The number of hydrogen-bond donors (Lipinski definition) is 1. The van der Waals surface area contributed by atoms with Crippen molar-refractivity contribution in [2.45, 2.75) is 25.4 Å². The number of aromatic carboxylic acids is 1. The summed E-state index contributed by atoms with van der Waals surface area (Å²) in [6, 6.07) is 4.39. The van der Waals surface area contributed by atoms with Crippen LogP contribution in [0.2, 0.25) is 0 Å². The van der Waals surface area contributed by atoms with Crippen LogP contribution in [-0.4, -0.2) is 17.3 Å². The van der Waals surface area contributed by atoms with Gasteiger partial charge in [-0.1, -0.05) is 12.1 Å². The Balaban J connectivity index is 2.21. The quantitative estimate of drug-likeness (QED) is 0.866. The zero-order valence-electron chi connectivity index (χ0n) is 9.08. The van der Waals surface area contributed by atoms with E-state index in [1.165, 1.54) is 12.1 Å². The Bertz CT molecular complexity index is 465. The molecule has 0 heterocycles. The third kappa shape index (κ3) is 2.28. The van der Waals surface area contributed by atoms with E-state index in [0.717, 1.165) is 0 Å². The van der Waals surface area contributed by atoms with Gasteiger partial charge < -0.3 is 5.11 Å². The number of hydrogen-bond acceptors (Lipinski definition) is 1. The minimum atomic E-state index is -4.15. The third-order valence-corrected chi connectivity index (χ3v) is 3.12. The fraction of sp³-hybridized carbons (Fsp3) is 0.417. The molecule has 0 aromatic heterocycles. The zero-order chi connectivity index (χ0) is 12.8. The second kappa shape index (κ2) is 3.75. The minimum Gasteiger partial charge on any atom is -0.478 e. The zero-order valence-corrected chi connectivity index (χ0v) is 9.08. The third-order valence-electron chi connectivity index (χ3n) is 3.12. The smallest absolute Gasteiger partial charge is 0.392 e. The first-order valence-electron chi connectivity index (χ1n) is 5.21.